The van der Waals surface area contributed by atoms with E-state index >= 15 is 0 Å². The Labute approximate surface area is 207 Å². The van der Waals surface area contributed by atoms with Gasteiger partial charge < -0.3 is 9.22 Å². The first-order valence-electron chi connectivity index (χ1n) is 12.6. The number of thiophene rings is 1. The third kappa shape index (κ3) is 4.75. The van der Waals surface area contributed by atoms with Crippen LogP contribution in [0.4, 0.5) is 0 Å². The van der Waals surface area contributed by atoms with Crippen molar-refractivity contribution in [3.63, 3.8) is 0 Å². The molecule has 0 N–H and O–H groups in total. The summed E-state index contributed by atoms with van der Waals surface area (Å²) in [7, 11) is 0. The summed E-state index contributed by atoms with van der Waals surface area (Å²) >= 11 is 7.88. The average molecular weight is 488 g/mol. The molecule has 4 aliphatic rings. The van der Waals surface area contributed by atoms with Crippen LogP contribution in [-0.4, -0.2) is 60.7 Å². The molecule has 4 saturated heterocycles. The molecule has 0 aliphatic carbocycles. The molecule has 2 aromatic rings. The lowest BCUT2D eigenvalue weighted by Gasteiger charge is -2.52. The van der Waals surface area contributed by atoms with Gasteiger partial charge in [-0.2, -0.15) is 0 Å². The van der Waals surface area contributed by atoms with Crippen molar-refractivity contribution in [2.24, 2.45) is 5.92 Å². The Hall–Kier alpha value is -1.40. The second-order valence-electron chi connectivity index (χ2n) is 10.5. The molecule has 1 aromatic carbocycles. The lowest BCUT2D eigenvalue weighted by atomic mass is 9.82. The van der Waals surface area contributed by atoms with Gasteiger partial charge in [0.25, 0.3) is 0 Å². The van der Waals surface area contributed by atoms with E-state index in [-0.39, 0.29) is 12.1 Å². The molecule has 6 rings (SSSR count). The number of hydrogen-bond acceptors (Lipinski definition) is 4. The van der Waals surface area contributed by atoms with Crippen LogP contribution in [0.1, 0.15) is 49.5 Å². The topological polar surface area (TPSA) is 29.5 Å². The number of fused-ring (bicyclic) bond motifs is 3. The first-order valence-corrected chi connectivity index (χ1v) is 13.8. The molecule has 4 fully saturated rings. The van der Waals surface area contributed by atoms with Crippen molar-refractivity contribution in [3.05, 3.63) is 57.2 Å². The molecular formula is C27H36ClN2O2S+. The van der Waals surface area contributed by atoms with Crippen molar-refractivity contribution in [3.8, 4) is 0 Å². The first-order chi connectivity index (χ1) is 16.0. The highest BCUT2D eigenvalue weighted by molar-refractivity contribution is 7.10. The quantitative estimate of drug-likeness (QED) is 0.381. The van der Waals surface area contributed by atoms with Crippen LogP contribution in [0, 0.1) is 5.92 Å². The van der Waals surface area contributed by atoms with E-state index in [0.29, 0.717) is 5.92 Å². The third-order valence-corrected chi connectivity index (χ3v) is 9.77. The summed E-state index contributed by atoms with van der Waals surface area (Å²) in [6.45, 7) is 8.49. The van der Waals surface area contributed by atoms with E-state index in [0.717, 1.165) is 72.7 Å². The van der Waals surface area contributed by atoms with Gasteiger partial charge in [0, 0.05) is 35.1 Å². The van der Waals surface area contributed by atoms with Gasteiger partial charge in [-0.3, -0.25) is 4.90 Å². The molecule has 2 bridgehead atoms. The molecule has 0 amide bonds. The number of halogens is 1. The number of quaternary nitrogens is 1. The molecule has 5 heterocycles. The van der Waals surface area contributed by atoms with Crippen LogP contribution in [-0.2, 0) is 21.5 Å². The Balaban J connectivity index is 1.30. The maximum Gasteiger partial charge on any atom is 0.332 e. The summed E-state index contributed by atoms with van der Waals surface area (Å²) in [5, 5.41) is 2.89. The molecule has 1 aromatic heterocycles. The summed E-state index contributed by atoms with van der Waals surface area (Å²) in [5.41, 5.74) is 0.623. The van der Waals surface area contributed by atoms with E-state index in [4.69, 9.17) is 16.3 Å². The molecule has 0 saturated carbocycles. The van der Waals surface area contributed by atoms with Gasteiger partial charge in [-0.1, -0.05) is 36.2 Å². The Kier molecular flexibility index (Phi) is 6.86. The minimum absolute atomic E-state index is 0.0310. The fraction of sp³-hybridized carbons (Fsp3) is 0.593. The number of benzene rings is 1. The zero-order valence-corrected chi connectivity index (χ0v) is 21.3. The lowest BCUT2D eigenvalue weighted by Crippen LogP contribution is -2.65. The molecule has 6 heteroatoms. The summed E-state index contributed by atoms with van der Waals surface area (Å²) in [6, 6.07) is 12.4. The van der Waals surface area contributed by atoms with Crippen molar-refractivity contribution < 1.29 is 14.0 Å². The zero-order chi connectivity index (χ0) is 22.9. The zero-order valence-electron chi connectivity index (χ0n) is 19.7. The molecule has 0 radical (unpaired) electrons. The second kappa shape index (κ2) is 9.69. The van der Waals surface area contributed by atoms with E-state index < -0.39 is 5.54 Å². The van der Waals surface area contributed by atoms with Crippen LogP contribution in [0.3, 0.4) is 0 Å². The summed E-state index contributed by atoms with van der Waals surface area (Å²) < 4.78 is 7.52. The monoisotopic (exact) mass is 487 g/mol. The van der Waals surface area contributed by atoms with Crippen LogP contribution < -0.4 is 0 Å². The number of carbonyl (C=O) groups is 1. The molecule has 2 atom stereocenters. The van der Waals surface area contributed by atoms with Gasteiger partial charge in [0.05, 0.1) is 19.6 Å². The predicted molar refractivity (Wildman–Crippen MR) is 135 cm³/mol. The molecule has 1 unspecified atom stereocenters. The highest BCUT2D eigenvalue weighted by atomic mass is 35.5. The van der Waals surface area contributed by atoms with Crippen molar-refractivity contribution in [2.45, 2.75) is 57.1 Å². The fourth-order valence-electron chi connectivity index (χ4n) is 6.26. The largest absolute Gasteiger partial charge is 0.454 e. The van der Waals surface area contributed by atoms with Crippen LogP contribution in [0.5, 0.6) is 0 Å². The molecule has 178 valence electrons. The second-order valence-corrected chi connectivity index (χ2v) is 11.8. The van der Waals surface area contributed by atoms with Gasteiger partial charge in [0.1, 0.15) is 6.54 Å². The van der Waals surface area contributed by atoms with Crippen LogP contribution in [0.25, 0.3) is 0 Å². The van der Waals surface area contributed by atoms with Crippen molar-refractivity contribution in [1.29, 1.82) is 0 Å². The minimum atomic E-state index is -0.674. The summed E-state index contributed by atoms with van der Waals surface area (Å²) in [5.74, 6) is 0.465. The fourth-order valence-corrected chi connectivity index (χ4v) is 7.38. The number of hydrogen-bond donors (Lipinski definition) is 0. The van der Waals surface area contributed by atoms with Crippen LogP contribution in [0.2, 0.25) is 5.02 Å². The van der Waals surface area contributed by atoms with Gasteiger partial charge in [0.2, 0.25) is 0 Å². The summed E-state index contributed by atoms with van der Waals surface area (Å²) in [6.07, 6.45) is 6.94. The minimum Gasteiger partial charge on any atom is -0.454 e. The Morgan fingerprint density at radius 2 is 1.97 bits per heavy atom. The lowest BCUT2D eigenvalue weighted by molar-refractivity contribution is -0.946. The van der Waals surface area contributed by atoms with E-state index in [1.807, 2.05) is 12.1 Å². The van der Waals surface area contributed by atoms with Gasteiger partial charge >= 0.3 is 5.97 Å². The van der Waals surface area contributed by atoms with Gasteiger partial charge in [-0.25, -0.2) is 4.79 Å². The standard InChI is InChI=1S/C27H36ClN2O2S/c1-27(25-9-6-18-33-25,29-13-3-2-4-14-29)26(31)32-24-20-30(16-11-22(24)12-17-30)15-10-21-7-5-8-23(28)19-21/h5-9,18-19,22,24H,2-4,10-17,20H2,1H3/q+1/t22?,24-,27?,30?/m0/s1. The van der Waals surface area contributed by atoms with Gasteiger partial charge in [-0.15, -0.1) is 11.3 Å². The molecule has 33 heavy (non-hydrogen) atoms. The number of likely N-dealkylation sites (tertiary alicyclic amines) is 1. The van der Waals surface area contributed by atoms with E-state index in [9.17, 15) is 4.79 Å². The summed E-state index contributed by atoms with van der Waals surface area (Å²) in [4.78, 5) is 17.3. The molecule has 4 aliphatic heterocycles. The Bertz CT molecular complexity index is 951. The van der Waals surface area contributed by atoms with Crippen LogP contribution in [0.15, 0.2) is 41.8 Å². The first kappa shape index (κ1) is 23.3. The Morgan fingerprint density at radius 1 is 1.18 bits per heavy atom. The number of carbonyl (C=O) groups excluding carboxylic acids is 1. The van der Waals surface area contributed by atoms with Crippen molar-refractivity contribution >= 4 is 28.9 Å². The van der Waals surface area contributed by atoms with E-state index in [1.54, 1.807) is 11.3 Å². The van der Waals surface area contributed by atoms with Crippen LogP contribution >= 0.6 is 22.9 Å². The van der Waals surface area contributed by atoms with Gasteiger partial charge in [-0.05, 0) is 62.0 Å². The molecular weight excluding hydrogens is 452 g/mol. The third-order valence-electron chi connectivity index (χ3n) is 8.45. The number of rotatable bonds is 7. The smallest absolute Gasteiger partial charge is 0.332 e. The number of ether oxygens (including phenoxy) is 1. The highest BCUT2D eigenvalue weighted by Gasteiger charge is 2.50. The van der Waals surface area contributed by atoms with E-state index in [2.05, 4.69) is 41.5 Å². The normalized spacial score (nSPS) is 29.5. The van der Waals surface area contributed by atoms with Crippen molar-refractivity contribution in [1.82, 2.24) is 4.90 Å². The van der Waals surface area contributed by atoms with Crippen molar-refractivity contribution in [2.75, 3.05) is 39.3 Å². The Morgan fingerprint density at radius 3 is 2.67 bits per heavy atom. The molecule has 4 nitrogen and oxygen atoms in total. The molecule has 0 spiro atoms. The maximum atomic E-state index is 13.8. The average Bonchev–Trinajstić information content (AvgIpc) is 3.39. The number of nitrogens with zero attached hydrogens (tertiary/aromatic N) is 2. The number of piperidine rings is 4. The highest BCUT2D eigenvalue weighted by Crippen LogP contribution is 2.40. The van der Waals surface area contributed by atoms with Gasteiger partial charge in [0.15, 0.2) is 11.6 Å². The predicted octanol–water partition coefficient (Wildman–Crippen LogP) is 5.50. The SMILES string of the molecule is CC(C(=O)O[C@H]1C[N+]2(CCc3cccc(Cl)c3)CCC1CC2)(c1cccs1)N1CCCCC1. The number of esters is 1. The van der Waals surface area contributed by atoms with E-state index in [1.165, 1.54) is 25.1 Å². The maximum absolute atomic E-state index is 13.8.